The number of amides is 1. The van der Waals surface area contributed by atoms with Gasteiger partial charge in [0.25, 0.3) is 5.91 Å². The van der Waals surface area contributed by atoms with Crippen molar-refractivity contribution in [1.29, 1.82) is 0 Å². The predicted molar refractivity (Wildman–Crippen MR) is 84.2 cm³/mol. The molecule has 0 aliphatic heterocycles. The molecule has 3 N–H and O–H groups in total. The lowest BCUT2D eigenvalue weighted by atomic mass is 10.1. The molecule has 5 heteroatoms. The largest absolute Gasteiger partial charge is 0.348 e. The maximum atomic E-state index is 12.1. The summed E-state index contributed by atoms with van der Waals surface area (Å²) in [5.74, 6) is 0.593. The molecule has 0 bridgehead atoms. The zero-order valence-electron chi connectivity index (χ0n) is 10.3. The minimum atomic E-state index is 0. The summed E-state index contributed by atoms with van der Waals surface area (Å²) in [6.45, 7) is 2.50. The molecule has 0 saturated heterocycles. The molecule has 1 unspecified atom stereocenters. The summed E-state index contributed by atoms with van der Waals surface area (Å²) in [6.07, 6.45) is 2.38. The van der Waals surface area contributed by atoms with Crippen LogP contribution in [0.2, 0.25) is 0 Å². The monoisotopic (exact) mass is 380 g/mol. The minimum absolute atomic E-state index is 0. The van der Waals surface area contributed by atoms with E-state index in [0.717, 1.165) is 14.7 Å². The standard InChI is InChI=1S/C13H17IN2O.ClH/c1-8-10(3-2-4-11(8)14)13(17)16-12(7-15)9-5-6-9;/h2-4,9,12H,5-7,15H2,1H3,(H,16,17);1H. The molecule has 1 aliphatic rings. The van der Waals surface area contributed by atoms with Crippen LogP contribution < -0.4 is 11.1 Å². The Morgan fingerprint density at radius 1 is 1.56 bits per heavy atom. The molecule has 2 rings (SSSR count). The van der Waals surface area contributed by atoms with E-state index in [1.807, 2.05) is 25.1 Å². The topological polar surface area (TPSA) is 55.1 Å². The fourth-order valence-corrected chi connectivity index (χ4v) is 2.47. The van der Waals surface area contributed by atoms with Gasteiger partial charge >= 0.3 is 0 Å². The molecule has 0 aromatic heterocycles. The van der Waals surface area contributed by atoms with Crippen molar-refractivity contribution in [3.05, 3.63) is 32.9 Å². The zero-order chi connectivity index (χ0) is 12.4. The van der Waals surface area contributed by atoms with Crippen LogP contribution in [0.25, 0.3) is 0 Å². The number of hydrogen-bond acceptors (Lipinski definition) is 2. The first-order chi connectivity index (χ1) is 8.13. The number of rotatable bonds is 4. The summed E-state index contributed by atoms with van der Waals surface area (Å²) in [5, 5.41) is 3.05. The number of halogens is 2. The Morgan fingerprint density at radius 2 is 2.22 bits per heavy atom. The molecule has 0 heterocycles. The highest BCUT2D eigenvalue weighted by atomic mass is 127. The summed E-state index contributed by atoms with van der Waals surface area (Å²) in [4.78, 5) is 12.1. The smallest absolute Gasteiger partial charge is 0.251 e. The third-order valence-electron chi connectivity index (χ3n) is 3.27. The van der Waals surface area contributed by atoms with Crippen molar-refractivity contribution < 1.29 is 4.79 Å². The Kier molecular flexibility index (Phi) is 5.88. The van der Waals surface area contributed by atoms with Gasteiger partial charge in [-0.15, -0.1) is 12.4 Å². The quantitative estimate of drug-likeness (QED) is 0.789. The molecule has 1 aromatic rings. The molecule has 0 spiro atoms. The highest BCUT2D eigenvalue weighted by Gasteiger charge is 2.31. The number of hydrogen-bond donors (Lipinski definition) is 2. The van der Waals surface area contributed by atoms with E-state index >= 15 is 0 Å². The third-order valence-corrected chi connectivity index (χ3v) is 4.44. The number of nitrogens with two attached hydrogens (primary N) is 1. The first-order valence-corrected chi connectivity index (χ1v) is 6.97. The maximum Gasteiger partial charge on any atom is 0.251 e. The van der Waals surface area contributed by atoms with Crippen LogP contribution in [0.4, 0.5) is 0 Å². The van der Waals surface area contributed by atoms with Crippen molar-refractivity contribution in [3.63, 3.8) is 0 Å². The normalized spacial score (nSPS) is 15.7. The number of nitrogens with one attached hydrogen (secondary N) is 1. The summed E-state index contributed by atoms with van der Waals surface area (Å²) >= 11 is 2.25. The van der Waals surface area contributed by atoms with Crippen LogP contribution >= 0.6 is 35.0 Å². The highest BCUT2D eigenvalue weighted by molar-refractivity contribution is 14.1. The van der Waals surface area contributed by atoms with Crippen molar-refractivity contribution in [2.75, 3.05) is 6.54 Å². The van der Waals surface area contributed by atoms with Gasteiger partial charge in [-0.2, -0.15) is 0 Å². The van der Waals surface area contributed by atoms with Gasteiger partial charge in [-0.1, -0.05) is 6.07 Å². The van der Waals surface area contributed by atoms with Crippen LogP contribution in [-0.4, -0.2) is 18.5 Å². The number of benzene rings is 1. The Labute approximate surface area is 127 Å². The van der Waals surface area contributed by atoms with E-state index in [2.05, 4.69) is 27.9 Å². The average molecular weight is 381 g/mol. The van der Waals surface area contributed by atoms with Gasteiger partial charge in [-0.25, -0.2) is 0 Å². The molecular formula is C13H18ClIN2O. The molecule has 1 aromatic carbocycles. The van der Waals surface area contributed by atoms with Gasteiger partial charge in [0.2, 0.25) is 0 Å². The molecule has 0 radical (unpaired) electrons. The fourth-order valence-electron chi connectivity index (χ4n) is 1.97. The van der Waals surface area contributed by atoms with E-state index < -0.39 is 0 Å². The van der Waals surface area contributed by atoms with E-state index in [4.69, 9.17) is 5.73 Å². The highest BCUT2D eigenvalue weighted by Crippen LogP contribution is 2.32. The second kappa shape index (κ2) is 6.73. The SMILES string of the molecule is Cc1c(I)cccc1C(=O)NC(CN)C1CC1.Cl. The summed E-state index contributed by atoms with van der Waals surface area (Å²) in [5.41, 5.74) is 7.49. The molecule has 1 aliphatic carbocycles. The first-order valence-electron chi connectivity index (χ1n) is 5.89. The van der Waals surface area contributed by atoms with Gasteiger partial charge in [-0.3, -0.25) is 4.79 Å². The molecule has 1 amide bonds. The molecule has 100 valence electrons. The molecular weight excluding hydrogens is 363 g/mol. The average Bonchev–Trinajstić information content (AvgIpc) is 3.13. The Morgan fingerprint density at radius 3 is 2.78 bits per heavy atom. The van der Waals surface area contributed by atoms with Crippen LogP contribution in [0.3, 0.4) is 0 Å². The first kappa shape index (κ1) is 15.7. The third kappa shape index (κ3) is 3.59. The Balaban J connectivity index is 0.00000162. The fraction of sp³-hybridized carbons (Fsp3) is 0.462. The van der Waals surface area contributed by atoms with Crippen LogP contribution in [0.1, 0.15) is 28.8 Å². The van der Waals surface area contributed by atoms with Gasteiger partial charge in [0.1, 0.15) is 0 Å². The second-order valence-corrected chi connectivity index (χ2v) is 5.73. The van der Waals surface area contributed by atoms with Crippen LogP contribution in [0.15, 0.2) is 18.2 Å². The van der Waals surface area contributed by atoms with Gasteiger partial charge in [0.15, 0.2) is 0 Å². The molecule has 18 heavy (non-hydrogen) atoms. The van der Waals surface area contributed by atoms with Gasteiger partial charge in [0.05, 0.1) is 0 Å². The number of carbonyl (C=O) groups excluding carboxylic acids is 1. The van der Waals surface area contributed by atoms with E-state index in [0.29, 0.717) is 12.5 Å². The lowest BCUT2D eigenvalue weighted by Crippen LogP contribution is -2.42. The lowest BCUT2D eigenvalue weighted by Gasteiger charge is -2.17. The lowest BCUT2D eigenvalue weighted by molar-refractivity contribution is 0.0933. The maximum absolute atomic E-state index is 12.1. The molecule has 1 fully saturated rings. The van der Waals surface area contributed by atoms with Crippen molar-refractivity contribution in [1.82, 2.24) is 5.32 Å². The number of carbonyl (C=O) groups is 1. The zero-order valence-corrected chi connectivity index (χ0v) is 13.3. The molecule has 1 saturated carbocycles. The van der Waals surface area contributed by atoms with Crippen molar-refractivity contribution in [3.8, 4) is 0 Å². The van der Waals surface area contributed by atoms with E-state index in [1.165, 1.54) is 12.8 Å². The van der Waals surface area contributed by atoms with Crippen LogP contribution in [0.5, 0.6) is 0 Å². The van der Waals surface area contributed by atoms with Gasteiger partial charge in [0, 0.05) is 21.7 Å². The summed E-state index contributed by atoms with van der Waals surface area (Å²) < 4.78 is 1.12. The minimum Gasteiger partial charge on any atom is -0.348 e. The molecule has 1 atom stereocenters. The van der Waals surface area contributed by atoms with E-state index in [-0.39, 0.29) is 24.4 Å². The van der Waals surface area contributed by atoms with Crippen LogP contribution in [-0.2, 0) is 0 Å². The Bertz CT molecular complexity index is 435. The Hall–Kier alpha value is -0.330. The molecule has 3 nitrogen and oxygen atoms in total. The second-order valence-electron chi connectivity index (χ2n) is 4.57. The van der Waals surface area contributed by atoms with Crippen molar-refractivity contribution in [2.45, 2.75) is 25.8 Å². The van der Waals surface area contributed by atoms with Crippen molar-refractivity contribution >= 4 is 40.9 Å². The van der Waals surface area contributed by atoms with Gasteiger partial charge in [-0.05, 0) is 66.0 Å². The van der Waals surface area contributed by atoms with E-state index in [1.54, 1.807) is 0 Å². The van der Waals surface area contributed by atoms with Gasteiger partial charge < -0.3 is 11.1 Å². The summed E-state index contributed by atoms with van der Waals surface area (Å²) in [6, 6.07) is 5.93. The van der Waals surface area contributed by atoms with E-state index in [9.17, 15) is 4.79 Å². The summed E-state index contributed by atoms with van der Waals surface area (Å²) in [7, 11) is 0. The van der Waals surface area contributed by atoms with Crippen molar-refractivity contribution in [2.24, 2.45) is 11.7 Å². The predicted octanol–water partition coefficient (Wildman–Crippen LogP) is 2.49. The van der Waals surface area contributed by atoms with Crippen LogP contribution in [0, 0.1) is 16.4 Å².